The van der Waals surface area contributed by atoms with Gasteiger partial charge >= 0.3 is 0 Å². The first-order valence-electron chi connectivity index (χ1n) is 6.17. The van der Waals surface area contributed by atoms with Crippen LogP contribution in [0.1, 0.15) is 25.6 Å². The zero-order valence-electron chi connectivity index (χ0n) is 10.7. The Morgan fingerprint density at radius 2 is 2.28 bits per heavy atom. The van der Waals surface area contributed by atoms with Crippen LogP contribution in [-0.2, 0) is 16.6 Å². The lowest BCUT2D eigenvalue weighted by molar-refractivity contribution is 0.189. The second-order valence-corrected chi connectivity index (χ2v) is 6.51. The molecule has 0 saturated carbocycles. The number of nitrogens with zero attached hydrogens (tertiary/aromatic N) is 3. The monoisotopic (exact) mass is 273 g/mol. The summed E-state index contributed by atoms with van der Waals surface area (Å²) in [5, 5.41) is 9.51. The second-order valence-electron chi connectivity index (χ2n) is 4.63. The van der Waals surface area contributed by atoms with Crippen molar-refractivity contribution < 1.29 is 13.5 Å². The van der Waals surface area contributed by atoms with Gasteiger partial charge in [-0.15, -0.1) is 0 Å². The topological polar surface area (TPSA) is 75.4 Å². The molecule has 0 amide bonds. The fourth-order valence-corrected chi connectivity index (χ4v) is 3.62. The first kappa shape index (κ1) is 13.5. The molecular weight excluding hydrogens is 254 g/mol. The normalized spacial score (nSPS) is 21.6. The number of β-amino-alcohol motifs (C(OH)–C–C–N with tert-alkyl or cyclic N) is 1. The van der Waals surface area contributed by atoms with Gasteiger partial charge in [0.05, 0.1) is 6.10 Å². The minimum absolute atomic E-state index is 0.0857. The van der Waals surface area contributed by atoms with Crippen molar-refractivity contribution in [2.75, 3.05) is 13.1 Å². The number of rotatable bonds is 4. The highest BCUT2D eigenvalue weighted by Crippen LogP contribution is 2.20. The van der Waals surface area contributed by atoms with E-state index in [1.165, 1.54) is 4.31 Å². The fraction of sp³-hybridized carbons (Fsp3) is 0.727. The predicted molar refractivity (Wildman–Crippen MR) is 66.6 cm³/mol. The van der Waals surface area contributed by atoms with Gasteiger partial charge < -0.3 is 9.67 Å². The van der Waals surface area contributed by atoms with E-state index in [1.807, 2.05) is 11.5 Å². The standard InChI is InChI=1S/C11H19N3O3S/c1-3-5-13-8-11(12-9(13)2)18(16,17)14-6-4-10(15)7-14/h8,10,15H,3-7H2,1-2H3. The van der Waals surface area contributed by atoms with Crippen molar-refractivity contribution in [1.82, 2.24) is 13.9 Å². The van der Waals surface area contributed by atoms with Crippen LogP contribution in [-0.4, -0.2) is 46.6 Å². The lowest BCUT2D eigenvalue weighted by atomic mass is 10.3. The van der Waals surface area contributed by atoms with Gasteiger partial charge in [0.1, 0.15) is 5.82 Å². The van der Waals surface area contributed by atoms with Crippen LogP contribution in [0.4, 0.5) is 0 Å². The molecule has 1 fully saturated rings. The highest BCUT2D eigenvalue weighted by Gasteiger charge is 2.33. The maximum absolute atomic E-state index is 12.3. The van der Waals surface area contributed by atoms with Crippen LogP contribution in [0, 0.1) is 6.92 Å². The summed E-state index contributed by atoms with van der Waals surface area (Å²) < 4.78 is 27.7. The number of sulfonamides is 1. The van der Waals surface area contributed by atoms with Crippen molar-refractivity contribution in [3.8, 4) is 0 Å². The van der Waals surface area contributed by atoms with Gasteiger partial charge in [-0.25, -0.2) is 13.4 Å². The van der Waals surface area contributed by atoms with Crippen LogP contribution in [0.25, 0.3) is 0 Å². The number of imidazole rings is 1. The summed E-state index contributed by atoms with van der Waals surface area (Å²) >= 11 is 0. The first-order chi connectivity index (χ1) is 8.45. The van der Waals surface area contributed by atoms with Crippen molar-refractivity contribution in [3.63, 3.8) is 0 Å². The maximum Gasteiger partial charge on any atom is 0.262 e. The van der Waals surface area contributed by atoms with Crippen LogP contribution in [0.5, 0.6) is 0 Å². The Hall–Kier alpha value is -0.920. The Morgan fingerprint density at radius 1 is 1.56 bits per heavy atom. The molecule has 0 aliphatic carbocycles. The molecule has 18 heavy (non-hydrogen) atoms. The zero-order chi connectivity index (χ0) is 13.3. The Labute approximate surface area is 107 Å². The Morgan fingerprint density at radius 3 is 2.83 bits per heavy atom. The summed E-state index contributed by atoms with van der Waals surface area (Å²) in [6.07, 6.45) is 2.45. The third kappa shape index (κ3) is 2.43. The van der Waals surface area contributed by atoms with Crippen molar-refractivity contribution in [3.05, 3.63) is 12.0 Å². The van der Waals surface area contributed by atoms with Crippen molar-refractivity contribution in [2.24, 2.45) is 0 Å². The molecule has 2 heterocycles. The molecule has 1 aliphatic heterocycles. The van der Waals surface area contributed by atoms with Gasteiger partial charge in [-0.3, -0.25) is 0 Å². The molecule has 102 valence electrons. The highest BCUT2D eigenvalue weighted by atomic mass is 32.2. The van der Waals surface area contributed by atoms with E-state index in [0.717, 1.165) is 13.0 Å². The third-order valence-electron chi connectivity index (χ3n) is 3.15. The molecule has 6 nitrogen and oxygen atoms in total. The summed E-state index contributed by atoms with van der Waals surface area (Å²) in [5.74, 6) is 0.704. The van der Waals surface area contributed by atoms with Gasteiger partial charge in [-0.05, 0) is 19.8 Å². The van der Waals surface area contributed by atoms with E-state index in [9.17, 15) is 13.5 Å². The number of aliphatic hydroxyl groups excluding tert-OH is 1. The van der Waals surface area contributed by atoms with Gasteiger partial charge in [0.25, 0.3) is 10.0 Å². The van der Waals surface area contributed by atoms with Crippen LogP contribution in [0.2, 0.25) is 0 Å². The third-order valence-corrected chi connectivity index (χ3v) is 4.89. The van der Waals surface area contributed by atoms with Crippen LogP contribution >= 0.6 is 0 Å². The van der Waals surface area contributed by atoms with Gasteiger partial charge in [-0.2, -0.15) is 4.31 Å². The molecule has 2 rings (SSSR count). The summed E-state index contributed by atoms with van der Waals surface area (Å²) in [5.41, 5.74) is 0. The van der Waals surface area contributed by atoms with Crippen LogP contribution < -0.4 is 0 Å². The van der Waals surface area contributed by atoms with Crippen LogP contribution in [0.15, 0.2) is 11.2 Å². The average Bonchev–Trinajstić information content (AvgIpc) is 2.87. The molecular formula is C11H19N3O3S. The van der Waals surface area contributed by atoms with Crippen molar-refractivity contribution >= 4 is 10.0 Å². The minimum atomic E-state index is -3.55. The van der Waals surface area contributed by atoms with E-state index in [2.05, 4.69) is 4.98 Å². The number of aliphatic hydroxyl groups is 1. The second kappa shape index (κ2) is 4.99. The number of hydrogen-bond acceptors (Lipinski definition) is 4. The number of hydrogen-bond donors (Lipinski definition) is 1. The molecule has 1 atom stereocenters. The molecule has 1 N–H and O–H groups in total. The summed E-state index contributed by atoms with van der Waals surface area (Å²) in [6.45, 7) is 5.13. The lowest BCUT2D eigenvalue weighted by Crippen LogP contribution is -2.30. The molecule has 0 spiro atoms. The lowest BCUT2D eigenvalue weighted by Gasteiger charge is -2.13. The zero-order valence-corrected chi connectivity index (χ0v) is 11.5. The molecule has 1 saturated heterocycles. The van der Waals surface area contributed by atoms with E-state index in [-0.39, 0.29) is 11.6 Å². The van der Waals surface area contributed by atoms with E-state index >= 15 is 0 Å². The molecule has 1 aromatic heterocycles. The molecule has 1 aromatic rings. The van der Waals surface area contributed by atoms with Gasteiger partial charge in [0, 0.05) is 25.8 Å². The largest absolute Gasteiger partial charge is 0.392 e. The Kier molecular flexibility index (Phi) is 3.74. The van der Waals surface area contributed by atoms with Crippen molar-refractivity contribution in [1.29, 1.82) is 0 Å². The SMILES string of the molecule is CCCn1cc(S(=O)(=O)N2CCC(O)C2)nc1C. The molecule has 7 heteroatoms. The minimum Gasteiger partial charge on any atom is -0.392 e. The highest BCUT2D eigenvalue weighted by molar-refractivity contribution is 7.89. The van der Waals surface area contributed by atoms with E-state index in [4.69, 9.17) is 0 Å². The predicted octanol–water partition coefficient (Wildman–Crippen LogP) is 0.357. The van der Waals surface area contributed by atoms with Crippen molar-refractivity contribution in [2.45, 2.75) is 44.4 Å². The average molecular weight is 273 g/mol. The molecule has 0 aromatic carbocycles. The summed E-state index contributed by atoms with van der Waals surface area (Å²) in [7, 11) is -3.55. The Bertz CT molecular complexity index is 524. The molecule has 1 aliphatic rings. The van der Waals surface area contributed by atoms with Gasteiger partial charge in [0.2, 0.25) is 0 Å². The smallest absolute Gasteiger partial charge is 0.262 e. The van der Waals surface area contributed by atoms with Gasteiger partial charge in [-0.1, -0.05) is 6.92 Å². The first-order valence-corrected chi connectivity index (χ1v) is 7.61. The maximum atomic E-state index is 12.3. The quantitative estimate of drug-likeness (QED) is 0.859. The number of aromatic nitrogens is 2. The van der Waals surface area contributed by atoms with Crippen LogP contribution in [0.3, 0.4) is 0 Å². The van der Waals surface area contributed by atoms with E-state index < -0.39 is 16.1 Å². The Balaban J connectivity index is 2.27. The summed E-state index contributed by atoms with van der Waals surface area (Å²) in [6, 6.07) is 0. The molecule has 0 radical (unpaired) electrons. The van der Waals surface area contributed by atoms with Gasteiger partial charge in [0.15, 0.2) is 5.03 Å². The van der Waals surface area contributed by atoms with E-state index in [1.54, 1.807) is 13.1 Å². The number of aryl methyl sites for hydroxylation is 2. The summed E-state index contributed by atoms with van der Waals surface area (Å²) in [4.78, 5) is 4.12. The molecule has 1 unspecified atom stereocenters. The molecule has 0 bridgehead atoms. The fourth-order valence-electron chi connectivity index (χ4n) is 2.13. The van der Waals surface area contributed by atoms with E-state index in [0.29, 0.717) is 18.8 Å².